The largest absolute Gasteiger partial charge is 0.488 e. The Balaban J connectivity index is 1.57. The van der Waals surface area contributed by atoms with Crippen LogP contribution in [-0.4, -0.2) is 15.8 Å². The van der Waals surface area contributed by atoms with Gasteiger partial charge in [-0.2, -0.15) is 9.65 Å². The molecule has 0 atom stereocenters. The van der Waals surface area contributed by atoms with E-state index in [4.69, 9.17) is 4.74 Å². The summed E-state index contributed by atoms with van der Waals surface area (Å²) in [6, 6.07) is 13.9. The number of nitriles is 1. The molecule has 1 saturated carbocycles. The van der Waals surface area contributed by atoms with E-state index in [1.807, 2.05) is 0 Å². The molecule has 0 unspecified atom stereocenters. The zero-order valence-electron chi connectivity index (χ0n) is 20.4. The van der Waals surface area contributed by atoms with Gasteiger partial charge in [0.05, 0.1) is 12.6 Å². The van der Waals surface area contributed by atoms with Gasteiger partial charge in [-0.15, -0.1) is 0 Å². The summed E-state index contributed by atoms with van der Waals surface area (Å²) < 4.78 is 33.6. The van der Waals surface area contributed by atoms with E-state index < -0.39 is 22.5 Å². The van der Waals surface area contributed by atoms with E-state index in [1.165, 1.54) is 23.1 Å². The van der Waals surface area contributed by atoms with Gasteiger partial charge in [-0.25, -0.2) is 4.39 Å². The summed E-state index contributed by atoms with van der Waals surface area (Å²) in [5.41, 5.74) is 3.62. The van der Waals surface area contributed by atoms with Crippen molar-refractivity contribution in [3.05, 3.63) is 98.2 Å². The number of nitro groups is 1. The van der Waals surface area contributed by atoms with Gasteiger partial charge in [-0.3, -0.25) is 4.79 Å². The third-order valence-electron chi connectivity index (χ3n) is 6.92. The predicted octanol–water partition coefficient (Wildman–Crippen LogP) is 5.84. The molecule has 5 rings (SSSR count). The number of amides is 1. The SMILES string of the molecule is C/C(C#N)=C1\c2ccc(CN(C(=O)C3CCC3)c3ccc(F)nc3[N+](=O)[O-])cc2COc2cc(F)ccc21. The zero-order chi connectivity index (χ0) is 27.0. The number of anilines is 1. The Morgan fingerprint density at radius 2 is 1.95 bits per heavy atom. The Hall–Kier alpha value is -4.65. The zero-order valence-corrected chi connectivity index (χ0v) is 20.4. The molecule has 2 aromatic carbocycles. The maximum absolute atomic E-state index is 13.9. The summed E-state index contributed by atoms with van der Waals surface area (Å²) in [4.78, 5) is 28.9. The van der Waals surface area contributed by atoms with Gasteiger partial charge < -0.3 is 19.8 Å². The minimum Gasteiger partial charge on any atom is -0.488 e. The molecule has 1 amide bonds. The molecule has 2 aliphatic rings. The normalized spacial score (nSPS) is 15.6. The topological polar surface area (TPSA) is 109 Å². The van der Waals surface area contributed by atoms with Gasteiger partial charge in [0.1, 0.15) is 23.9 Å². The van der Waals surface area contributed by atoms with Crippen molar-refractivity contribution in [2.45, 2.75) is 39.3 Å². The first kappa shape index (κ1) is 25.0. The number of benzene rings is 2. The van der Waals surface area contributed by atoms with Crippen LogP contribution in [0.1, 0.15) is 48.4 Å². The molecule has 1 aliphatic carbocycles. The minimum atomic E-state index is -1.01. The fraction of sp³-hybridized carbons (Fsp3) is 0.250. The van der Waals surface area contributed by atoms with Crippen LogP contribution >= 0.6 is 0 Å². The highest BCUT2D eigenvalue weighted by molar-refractivity contribution is 5.97. The number of hydrogen-bond donors (Lipinski definition) is 0. The Kier molecular flexibility index (Phi) is 6.59. The van der Waals surface area contributed by atoms with Crippen LogP contribution in [0.25, 0.3) is 5.57 Å². The monoisotopic (exact) mass is 516 g/mol. The van der Waals surface area contributed by atoms with Gasteiger partial charge in [-0.1, -0.05) is 18.6 Å². The summed E-state index contributed by atoms with van der Waals surface area (Å²) in [6.45, 7) is 1.73. The standard InChI is InChI=1S/C28H22F2N4O4/c1-16(13-31)26-21-7-5-17(11-19(21)15-38-24-12-20(29)6-8-22(24)26)14-33(28(35)18-3-2-4-18)23-9-10-25(30)32-27(23)34(36)37/h5-12,18H,2-4,14-15H2,1H3/b26-16-. The lowest BCUT2D eigenvalue weighted by Gasteiger charge is -2.31. The third-order valence-corrected chi connectivity index (χ3v) is 6.92. The van der Waals surface area contributed by atoms with Crippen molar-refractivity contribution in [2.24, 2.45) is 5.92 Å². The highest BCUT2D eigenvalue weighted by atomic mass is 19.1. The summed E-state index contributed by atoms with van der Waals surface area (Å²) in [5, 5.41) is 21.3. The lowest BCUT2D eigenvalue weighted by Crippen LogP contribution is -2.39. The van der Waals surface area contributed by atoms with E-state index in [0.717, 1.165) is 18.1 Å². The number of carbonyl (C=O) groups excluding carboxylic acids is 1. The number of hydrogen-bond acceptors (Lipinski definition) is 6. The molecule has 10 heteroatoms. The highest BCUT2D eigenvalue weighted by Gasteiger charge is 2.34. The summed E-state index contributed by atoms with van der Waals surface area (Å²) in [5.74, 6) is -2.47. The fourth-order valence-electron chi connectivity index (χ4n) is 4.79. The summed E-state index contributed by atoms with van der Waals surface area (Å²) >= 11 is 0. The van der Waals surface area contributed by atoms with Gasteiger partial charge in [0, 0.05) is 34.8 Å². The van der Waals surface area contributed by atoms with Crippen molar-refractivity contribution < 1.29 is 23.2 Å². The molecule has 1 fully saturated rings. The molecule has 2 heterocycles. The fourth-order valence-corrected chi connectivity index (χ4v) is 4.79. The van der Waals surface area contributed by atoms with Gasteiger partial charge in [0.2, 0.25) is 5.91 Å². The van der Waals surface area contributed by atoms with Crippen molar-refractivity contribution >= 4 is 23.0 Å². The Morgan fingerprint density at radius 3 is 2.63 bits per heavy atom. The molecular formula is C28H22F2N4O4. The van der Waals surface area contributed by atoms with E-state index in [1.54, 1.807) is 31.2 Å². The Morgan fingerprint density at radius 1 is 1.18 bits per heavy atom. The second-order valence-electron chi connectivity index (χ2n) is 9.32. The second kappa shape index (κ2) is 10.0. The Bertz CT molecular complexity index is 1540. The van der Waals surface area contributed by atoms with Crippen LogP contribution in [0.4, 0.5) is 20.3 Å². The van der Waals surface area contributed by atoms with Crippen LogP contribution in [0.3, 0.4) is 0 Å². The molecule has 3 aromatic rings. The highest BCUT2D eigenvalue weighted by Crippen LogP contribution is 2.40. The number of halogens is 2. The van der Waals surface area contributed by atoms with Crippen LogP contribution in [0.2, 0.25) is 0 Å². The van der Waals surface area contributed by atoms with E-state index in [2.05, 4.69) is 11.1 Å². The number of pyridine rings is 1. The number of rotatable bonds is 5. The number of fused-ring (bicyclic) bond motifs is 2. The third kappa shape index (κ3) is 4.59. The molecule has 38 heavy (non-hydrogen) atoms. The molecule has 0 spiro atoms. The van der Waals surface area contributed by atoms with Crippen LogP contribution in [0.5, 0.6) is 5.75 Å². The molecular weight excluding hydrogens is 494 g/mol. The van der Waals surface area contributed by atoms with Crippen molar-refractivity contribution in [3.8, 4) is 11.8 Å². The van der Waals surface area contributed by atoms with Crippen molar-refractivity contribution in [3.63, 3.8) is 0 Å². The molecule has 1 aromatic heterocycles. The first-order valence-corrected chi connectivity index (χ1v) is 12.0. The molecule has 1 aliphatic heterocycles. The van der Waals surface area contributed by atoms with Gasteiger partial charge >= 0.3 is 11.8 Å². The average molecular weight is 517 g/mol. The summed E-state index contributed by atoms with van der Waals surface area (Å²) in [7, 11) is 0. The number of carbonyl (C=O) groups is 1. The molecule has 8 nitrogen and oxygen atoms in total. The smallest absolute Gasteiger partial charge is 0.390 e. The van der Waals surface area contributed by atoms with Crippen molar-refractivity contribution in [1.82, 2.24) is 4.98 Å². The molecule has 0 N–H and O–H groups in total. The van der Waals surface area contributed by atoms with Gasteiger partial charge in [0.25, 0.3) is 0 Å². The van der Waals surface area contributed by atoms with Crippen LogP contribution < -0.4 is 9.64 Å². The van der Waals surface area contributed by atoms with Crippen LogP contribution in [0.15, 0.2) is 54.1 Å². The number of aromatic nitrogens is 1. The predicted molar refractivity (Wildman–Crippen MR) is 134 cm³/mol. The molecule has 0 bridgehead atoms. The van der Waals surface area contributed by atoms with Gasteiger partial charge in [-0.05, 0) is 70.6 Å². The number of allylic oxidation sites excluding steroid dienone is 1. The quantitative estimate of drug-likeness (QED) is 0.182. The van der Waals surface area contributed by atoms with Crippen molar-refractivity contribution in [1.29, 1.82) is 5.26 Å². The molecule has 0 radical (unpaired) electrons. The number of ether oxygens (including phenoxy) is 1. The molecule has 192 valence electrons. The van der Waals surface area contributed by atoms with Crippen LogP contribution in [0, 0.1) is 39.1 Å². The first-order chi connectivity index (χ1) is 18.3. The van der Waals surface area contributed by atoms with E-state index in [0.29, 0.717) is 46.4 Å². The molecule has 0 saturated heterocycles. The maximum atomic E-state index is 13.9. The summed E-state index contributed by atoms with van der Waals surface area (Å²) in [6.07, 6.45) is 2.23. The van der Waals surface area contributed by atoms with E-state index in [9.17, 15) is 29.0 Å². The lowest BCUT2D eigenvalue weighted by atomic mass is 9.84. The van der Waals surface area contributed by atoms with Crippen LogP contribution in [-0.2, 0) is 17.9 Å². The first-order valence-electron chi connectivity index (χ1n) is 12.0. The van der Waals surface area contributed by atoms with Crippen molar-refractivity contribution in [2.75, 3.05) is 4.90 Å². The average Bonchev–Trinajstić information content (AvgIpc) is 3.02. The minimum absolute atomic E-state index is 0.0192. The second-order valence-corrected chi connectivity index (χ2v) is 9.32. The number of nitrogens with zero attached hydrogens (tertiary/aromatic N) is 4. The lowest BCUT2D eigenvalue weighted by molar-refractivity contribution is -0.389. The Labute approximate surface area is 216 Å². The van der Waals surface area contributed by atoms with E-state index in [-0.39, 0.29) is 30.7 Å². The van der Waals surface area contributed by atoms with Gasteiger partial charge in [0.15, 0.2) is 0 Å². The maximum Gasteiger partial charge on any atom is 0.390 e. The van der Waals surface area contributed by atoms with E-state index >= 15 is 0 Å².